The number of rotatable bonds is 6. The van der Waals surface area contributed by atoms with Crippen molar-refractivity contribution in [1.82, 2.24) is 5.32 Å². The summed E-state index contributed by atoms with van der Waals surface area (Å²) >= 11 is 11.9. The molecule has 2 unspecified atom stereocenters. The maximum Gasteiger partial charge on any atom is 0.0595 e. The van der Waals surface area contributed by atoms with Crippen molar-refractivity contribution in [2.24, 2.45) is 11.8 Å². The highest BCUT2D eigenvalue weighted by Crippen LogP contribution is 2.25. The first-order valence-electron chi connectivity index (χ1n) is 6.19. The molecule has 1 nitrogen and oxygen atoms in total. The Morgan fingerprint density at radius 1 is 1.12 bits per heavy atom. The van der Waals surface area contributed by atoms with E-state index in [0.717, 1.165) is 19.5 Å². The molecule has 3 heteroatoms. The Morgan fingerprint density at radius 3 is 2.41 bits per heavy atom. The van der Waals surface area contributed by atoms with Gasteiger partial charge in [-0.25, -0.2) is 0 Å². The quantitative estimate of drug-likeness (QED) is 0.809. The summed E-state index contributed by atoms with van der Waals surface area (Å²) in [7, 11) is 0. The van der Waals surface area contributed by atoms with E-state index in [9.17, 15) is 0 Å². The van der Waals surface area contributed by atoms with Gasteiger partial charge in [-0.2, -0.15) is 0 Å². The van der Waals surface area contributed by atoms with E-state index >= 15 is 0 Å². The van der Waals surface area contributed by atoms with Crippen molar-refractivity contribution < 1.29 is 0 Å². The average molecular weight is 274 g/mol. The standard InChI is InChI=1S/C14H21Cl2N/c1-4-17-9-11(3)10(2)7-12-5-6-13(15)14(16)8-12/h5-6,8,10-11,17H,4,7,9H2,1-3H3. The molecule has 96 valence electrons. The number of halogens is 2. The normalized spacial score (nSPS) is 14.6. The lowest BCUT2D eigenvalue weighted by atomic mass is 9.89. The fraction of sp³-hybridized carbons (Fsp3) is 0.571. The van der Waals surface area contributed by atoms with Crippen molar-refractivity contribution in [2.45, 2.75) is 27.2 Å². The van der Waals surface area contributed by atoms with Crippen LogP contribution in [0.25, 0.3) is 0 Å². The van der Waals surface area contributed by atoms with Crippen molar-refractivity contribution in [2.75, 3.05) is 13.1 Å². The van der Waals surface area contributed by atoms with Crippen LogP contribution in [0.3, 0.4) is 0 Å². The molecule has 1 rings (SSSR count). The van der Waals surface area contributed by atoms with E-state index in [-0.39, 0.29) is 0 Å². The molecular weight excluding hydrogens is 253 g/mol. The third kappa shape index (κ3) is 4.87. The highest BCUT2D eigenvalue weighted by molar-refractivity contribution is 6.42. The van der Waals surface area contributed by atoms with Gasteiger partial charge in [-0.15, -0.1) is 0 Å². The second-order valence-electron chi connectivity index (χ2n) is 4.71. The monoisotopic (exact) mass is 273 g/mol. The van der Waals surface area contributed by atoms with Crippen LogP contribution in [-0.4, -0.2) is 13.1 Å². The highest BCUT2D eigenvalue weighted by Gasteiger charge is 2.12. The van der Waals surface area contributed by atoms with E-state index in [1.54, 1.807) is 0 Å². The second kappa shape index (κ2) is 7.25. The molecule has 0 heterocycles. The maximum atomic E-state index is 6.02. The van der Waals surface area contributed by atoms with Gasteiger partial charge in [0.25, 0.3) is 0 Å². The minimum Gasteiger partial charge on any atom is -0.317 e. The minimum atomic E-state index is 0.628. The topological polar surface area (TPSA) is 12.0 Å². The molecule has 0 fully saturated rings. The molecule has 0 aromatic heterocycles. The van der Waals surface area contributed by atoms with Crippen LogP contribution < -0.4 is 5.32 Å². The van der Waals surface area contributed by atoms with Crippen LogP contribution in [0.15, 0.2) is 18.2 Å². The molecule has 1 aromatic carbocycles. The van der Waals surface area contributed by atoms with Gasteiger partial charge in [0.05, 0.1) is 10.0 Å². The average Bonchev–Trinajstić information content (AvgIpc) is 2.30. The number of benzene rings is 1. The number of nitrogens with one attached hydrogen (secondary N) is 1. The second-order valence-corrected chi connectivity index (χ2v) is 5.53. The van der Waals surface area contributed by atoms with E-state index in [0.29, 0.717) is 21.9 Å². The Balaban J connectivity index is 2.55. The molecule has 0 aliphatic heterocycles. The Bertz CT molecular complexity index is 352. The fourth-order valence-corrected chi connectivity index (χ4v) is 2.13. The molecule has 0 radical (unpaired) electrons. The molecule has 0 saturated carbocycles. The first kappa shape index (κ1) is 14.8. The summed E-state index contributed by atoms with van der Waals surface area (Å²) in [6.07, 6.45) is 1.05. The number of hydrogen-bond acceptors (Lipinski definition) is 1. The smallest absolute Gasteiger partial charge is 0.0595 e. The van der Waals surface area contributed by atoms with E-state index < -0.39 is 0 Å². The van der Waals surface area contributed by atoms with Gasteiger partial charge in [-0.1, -0.05) is 50.0 Å². The van der Waals surface area contributed by atoms with E-state index in [1.165, 1.54) is 5.56 Å². The fourth-order valence-electron chi connectivity index (χ4n) is 1.81. The molecule has 1 aromatic rings. The third-order valence-electron chi connectivity index (χ3n) is 3.23. The van der Waals surface area contributed by atoms with E-state index in [2.05, 4.69) is 32.2 Å². The predicted molar refractivity (Wildman–Crippen MR) is 77.0 cm³/mol. The van der Waals surface area contributed by atoms with Crippen molar-refractivity contribution >= 4 is 23.2 Å². The van der Waals surface area contributed by atoms with Crippen LogP contribution in [0.2, 0.25) is 10.0 Å². The third-order valence-corrected chi connectivity index (χ3v) is 3.97. The van der Waals surface area contributed by atoms with Crippen molar-refractivity contribution in [1.29, 1.82) is 0 Å². The summed E-state index contributed by atoms with van der Waals surface area (Å²) in [6.45, 7) is 8.80. The Morgan fingerprint density at radius 2 is 1.82 bits per heavy atom. The Labute approximate surface area is 115 Å². The van der Waals surface area contributed by atoms with Crippen molar-refractivity contribution in [3.05, 3.63) is 33.8 Å². The van der Waals surface area contributed by atoms with Gasteiger partial charge < -0.3 is 5.32 Å². The molecule has 1 N–H and O–H groups in total. The molecule has 0 aliphatic rings. The van der Waals surface area contributed by atoms with Crippen molar-refractivity contribution in [3.8, 4) is 0 Å². The summed E-state index contributed by atoms with van der Waals surface area (Å²) in [4.78, 5) is 0. The van der Waals surface area contributed by atoms with Crippen LogP contribution in [0, 0.1) is 11.8 Å². The highest BCUT2D eigenvalue weighted by atomic mass is 35.5. The van der Waals surface area contributed by atoms with Gasteiger partial charge in [-0.05, 0) is 49.0 Å². The lowest BCUT2D eigenvalue weighted by Crippen LogP contribution is -2.25. The van der Waals surface area contributed by atoms with Crippen LogP contribution in [-0.2, 0) is 6.42 Å². The zero-order valence-corrected chi connectivity index (χ0v) is 12.3. The summed E-state index contributed by atoms with van der Waals surface area (Å²) in [6, 6.07) is 5.91. The molecule has 0 aliphatic carbocycles. The van der Waals surface area contributed by atoms with Gasteiger partial charge >= 0.3 is 0 Å². The number of hydrogen-bond donors (Lipinski definition) is 1. The molecule has 0 amide bonds. The Kier molecular flexibility index (Phi) is 6.32. The lowest BCUT2D eigenvalue weighted by Gasteiger charge is -2.20. The van der Waals surface area contributed by atoms with Gasteiger partial charge in [0.1, 0.15) is 0 Å². The van der Waals surface area contributed by atoms with Gasteiger partial charge in [0.2, 0.25) is 0 Å². The molecule has 17 heavy (non-hydrogen) atoms. The molecule has 2 atom stereocenters. The zero-order valence-electron chi connectivity index (χ0n) is 10.8. The zero-order chi connectivity index (χ0) is 12.8. The van der Waals surface area contributed by atoms with Crippen LogP contribution in [0.1, 0.15) is 26.3 Å². The first-order valence-corrected chi connectivity index (χ1v) is 6.94. The van der Waals surface area contributed by atoms with Crippen LogP contribution in [0.5, 0.6) is 0 Å². The summed E-state index contributed by atoms with van der Waals surface area (Å²) in [5, 5.41) is 4.67. The first-order chi connectivity index (χ1) is 8.04. The molecule has 0 spiro atoms. The van der Waals surface area contributed by atoms with Gasteiger partial charge in [0.15, 0.2) is 0 Å². The Hall–Kier alpha value is -0.240. The predicted octanol–water partition coefficient (Wildman–Crippen LogP) is 4.42. The van der Waals surface area contributed by atoms with Crippen molar-refractivity contribution in [3.63, 3.8) is 0 Å². The van der Waals surface area contributed by atoms with E-state index in [4.69, 9.17) is 23.2 Å². The van der Waals surface area contributed by atoms with E-state index in [1.807, 2.05) is 12.1 Å². The maximum absolute atomic E-state index is 6.02. The minimum absolute atomic E-state index is 0.628. The molecular formula is C14H21Cl2N. The SMILES string of the molecule is CCNCC(C)C(C)Cc1ccc(Cl)c(Cl)c1. The molecule has 0 saturated heterocycles. The van der Waals surface area contributed by atoms with Crippen LogP contribution >= 0.6 is 23.2 Å². The molecule has 0 bridgehead atoms. The summed E-state index contributed by atoms with van der Waals surface area (Å²) in [5.74, 6) is 1.29. The summed E-state index contributed by atoms with van der Waals surface area (Å²) < 4.78 is 0. The van der Waals surface area contributed by atoms with Crippen LogP contribution in [0.4, 0.5) is 0 Å². The van der Waals surface area contributed by atoms with Gasteiger partial charge in [0, 0.05) is 0 Å². The lowest BCUT2D eigenvalue weighted by molar-refractivity contribution is 0.368. The largest absolute Gasteiger partial charge is 0.317 e. The van der Waals surface area contributed by atoms with Gasteiger partial charge in [-0.3, -0.25) is 0 Å². The summed E-state index contributed by atoms with van der Waals surface area (Å²) in [5.41, 5.74) is 1.26.